The van der Waals surface area contributed by atoms with Crippen LogP contribution >= 0.6 is 0 Å². The van der Waals surface area contributed by atoms with Crippen molar-refractivity contribution in [2.24, 2.45) is 0 Å². The monoisotopic (exact) mass is 508 g/mol. The molecule has 3 aromatic rings. The zero-order valence-corrected chi connectivity index (χ0v) is 20.3. The Balaban J connectivity index is 1.48. The van der Waals surface area contributed by atoms with Gasteiger partial charge in [-0.2, -0.15) is 0 Å². The number of furan rings is 1. The highest BCUT2D eigenvalue weighted by Gasteiger charge is 2.57. The molecule has 37 heavy (non-hydrogen) atoms. The number of imide groups is 1. The van der Waals surface area contributed by atoms with Crippen LogP contribution in [0.1, 0.15) is 35.5 Å². The van der Waals surface area contributed by atoms with Gasteiger partial charge in [-0.3, -0.25) is 14.6 Å². The SMILES string of the molecule is COc1ccc2c(c1)C(=O)N(C[C@@]1(c3cc4cnccc4o3)NC(=O)N(COC(=O)OC(C)C)C1=O)C2. The molecule has 5 rings (SSSR count). The van der Waals surface area contributed by atoms with E-state index in [4.69, 9.17) is 18.6 Å². The number of aromatic nitrogens is 1. The van der Waals surface area contributed by atoms with Gasteiger partial charge in [0.25, 0.3) is 11.8 Å². The molecule has 0 unspecified atom stereocenters. The van der Waals surface area contributed by atoms with Gasteiger partial charge in [-0.1, -0.05) is 6.07 Å². The van der Waals surface area contributed by atoms with Gasteiger partial charge in [0.2, 0.25) is 0 Å². The Bertz CT molecular complexity index is 1380. The van der Waals surface area contributed by atoms with Crippen molar-refractivity contribution in [1.82, 2.24) is 20.1 Å². The fraction of sp³-hybridized carbons (Fsp3) is 0.320. The molecule has 0 spiro atoms. The van der Waals surface area contributed by atoms with E-state index in [-0.39, 0.29) is 24.8 Å². The van der Waals surface area contributed by atoms with Gasteiger partial charge in [-0.25, -0.2) is 14.5 Å². The molecule has 2 aliphatic rings. The molecular formula is C25H24N4O8. The molecule has 4 amide bonds. The molecule has 0 radical (unpaired) electrons. The molecule has 0 aliphatic carbocycles. The number of fused-ring (bicyclic) bond motifs is 2. The number of urea groups is 1. The standard InChI is InChI=1S/C25H24N4O8/c1-14(2)36-24(33)35-13-29-22(31)25(27-23(29)32,20-8-16-10-26-7-6-19(16)37-20)12-28-11-15-4-5-17(34-3)9-18(15)21(28)30/h4-10,14H,11-13H2,1-3H3,(H,27,32)/t25-/m0/s1. The normalized spacial score (nSPS) is 19.0. The predicted octanol–water partition coefficient (Wildman–Crippen LogP) is 2.76. The van der Waals surface area contributed by atoms with Crippen molar-refractivity contribution < 1.29 is 37.8 Å². The molecule has 1 atom stereocenters. The van der Waals surface area contributed by atoms with Gasteiger partial charge in [-0.05, 0) is 43.7 Å². The summed E-state index contributed by atoms with van der Waals surface area (Å²) in [5.41, 5.74) is -0.134. The van der Waals surface area contributed by atoms with E-state index in [0.717, 1.165) is 10.5 Å². The molecular weight excluding hydrogens is 484 g/mol. The van der Waals surface area contributed by atoms with Gasteiger partial charge in [0.05, 0.1) is 19.8 Å². The van der Waals surface area contributed by atoms with E-state index in [1.807, 2.05) is 0 Å². The Labute approximate surface area is 211 Å². The summed E-state index contributed by atoms with van der Waals surface area (Å²) in [5.74, 6) is -0.441. The maximum atomic E-state index is 13.8. The van der Waals surface area contributed by atoms with Crippen LogP contribution < -0.4 is 10.1 Å². The number of methoxy groups -OCH3 is 1. The van der Waals surface area contributed by atoms with Crippen LogP contribution in [0.5, 0.6) is 5.75 Å². The summed E-state index contributed by atoms with van der Waals surface area (Å²) in [5, 5.41) is 3.28. The second kappa shape index (κ2) is 9.12. The number of carbonyl (C=O) groups excluding carboxylic acids is 4. The van der Waals surface area contributed by atoms with Gasteiger partial charge in [0, 0.05) is 29.9 Å². The first-order valence-electron chi connectivity index (χ1n) is 11.5. The van der Waals surface area contributed by atoms with E-state index < -0.39 is 36.5 Å². The molecule has 4 heterocycles. The Morgan fingerprint density at radius 2 is 2.03 bits per heavy atom. The average Bonchev–Trinajstić information content (AvgIpc) is 3.50. The Morgan fingerprint density at radius 1 is 1.22 bits per heavy atom. The zero-order chi connectivity index (χ0) is 26.3. The van der Waals surface area contributed by atoms with Crippen LogP contribution in [0.3, 0.4) is 0 Å². The molecule has 1 saturated heterocycles. The van der Waals surface area contributed by atoms with E-state index >= 15 is 0 Å². The summed E-state index contributed by atoms with van der Waals surface area (Å²) in [6.07, 6.45) is 1.62. The van der Waals surface area contributed by atoms with Crippen molar-refractivity contribution in [2.75, 3.05) is 20.4 Å². The maximum absolute atomic E-state index is 13.8. The molecule has 0 saturated carbocycles. The van der Waals surface area contributed by atoms with Gasteiger partial charge < -0.3 is 28.8 Å². The first-order chi connectivity index (χ1) is 17.7. The summed E-state index contributed by atoms with van der Waals surface area (Å²) in [6, 6.07) is 7.56. The lowest BCUT2D eigenvalue weighted by molar-refractivity contribution is -0.135. The average molecular weight is 508 g/mol. The number of pyridine rings is 1. The predicted molar refractivity (Wildman–Crippen MR) is 126 cm³/mol. The summed E-state index contributed by atoms with van der Waals surface area (Å²) < 4.78 is 21.1. The lowest BCUT2D eigenvalue weighted by Crippen LogP contribution is -2.52. The number of rotatable bonds is 7. The van der Waals surface area contributed by atoms with E-state index in [1.165, 1.54) is 18.2 Å². The number of hydrogen-bond donors (Lipinski definition) is 1. The van der Waals surface area contributed by atoms with Gasteiger partial charge in [-0.15, -0.1) is 0 Å². The van der Waals surface area contributed by atoms with Crippen LogP contribution in [-0.2, 0) is 26.4 Å². The molecule has 12 heteroatoms. The number of hydrogen-bond acceptors (Lipinski definition) is 9. The van der Waals surface area contributed by atoms with E-state index in [2.05, 4.69) is 10.3 Å². The molecule has 1 fully saturated rings. The second-order valence-electron chi connectivity index (χ2n) is 8.97. The van der Waals surface area contributed by atoms with Gasteiger partial charge >= 0.3 is 12.2 Å². The van der Waals surface area contributed by atoms with Crippen molar-refractivity contribution in [3.63, 3.8) is 0 Å². The summed E-state index contributed by atoms with van der Waals surface area (Å²) in [4.78, 5) is 58.2. The highest BCUT2D eigenvalue weighted by atomic mass is 16.7. The van der Waals surface area contributed by atoms with Crippen LogP contribution in [0.2, 0.25) is 0 Å². The number of amides is 4. The highest BCUT2D eigenvalue weighted by molar-refractivity contribution is 6.08. The molecule has 2 aliphatic heterocycles. The number of carbonyl (C=O) groups is 4. The van der Waals surface area contributed by atoms with Crippen molar-refractivity contribution >= 4 is 35.0 Å². The van der Waals surface area contributed by atoms with Crippen molar-refractivity contribution in [3.8, 4) is 5.75 Å². The van der Waals surface area contributed by atoms with Crippen molar-refractivity contribution in [1.29, 1.82) is 0 Å². The molecule has 2 aromatic heterocycles. The lowest BCUT2D eigenvalue weighted by atomic mass is 9.95. The minimum absolute atomic E-state index is 0.113. The second-order valence-corrected chi connectivity index (χ2v) is 8.97. The van der Waals surface area contributed by atoms with Gasteiger partial charge in [0.1, 0.15) is 17.1 Å². The van der Waals surface area contributed by atoms with Crippen molar-refractivity contribution in [2.45, 2.75) is 32.0 Å². The Hall–Kier alpha value is -4.61. The van der Waals surface area contributed by atoms with E-state index in [9.17, 15) is 19.2 Å². The third-order valence-corrected chi connectivity index (χ3v) is 6.18. The van der Waals surface area contributed by atoms with Crippen LogP contribution in [0.25, 0.3) is 11.0 Å². The third-order valence-electron chi connectivity index (χ3n) is 6.18. The van der Waals surface area contributed by atoms with E-state index in [0.29, 0.717) is 22.3 Å². The van der Waals surface area contributed by atoms with Crippen LogP contribution in [0, 0.1) is 0 Å². The molecule has 192 valence electrons. The Kier molecular flexibility index (Phi) is 5.94. The number of benzene rings is 1. The van der Waals surface area contributed by atoms with Crippen LogP contribution in [0.15, 0.2) is 47.1 Å². The number of ether oxygens (including phenoxy) is 3. The fourth-order valence-corrected chi connectivity index (χ4v) is 4.42. The lowest BCUT2D eigenvalue weighted by Gasteiger charge is -2.29. The largest absolute Gasteiger partial charge is 0.510 e. The van der Waals surface area contributed by atoms with Crippen LogP contribution in [-0.4, -0.2) is 65.3 Å². The molecule has 1 aromatic carbocycles. The maximum Gasteiger partial charge on any atom is 0.510 e. The highest BCUT2D eigenvalue weighted by Crippen LogP contribution is 2.37. The van der Waals surface area contributed by atoms with Gasteiger partial charge in [0.15, 0.2) is 12.3 Å². The molecule has 1 N–H and O–H groups in total. The number of nitrogens with zero attached hydrogens (tertiary/aromatic N) is 3. The smallest absolute Gasteiger partial charge is 0.497 e. The fourth-order valence-electron chi connectivity index (χ4n) is 4.42. The Morgan fingerprint density at radius 3 is 2.76 bits per heavy atom. The molecule has 0 bridgehead atoms. The van der Waals surface area contributed by atoms with Crippen molar-refractivity contribution in [3.05, 3.63) is 59.6 Å². The quantitative estimate of drug-likeness (QED) is 0.377. The minimum atomic E-state index is -1.77. The van der Waals surface area contributed by atoms with Crippen LogP contribution in [0.4, 0.5) is 9.59 Å². The number of nitrogens with one attached hydrogen (secondary N) is 1. The topological polar surface area (TPSA) is 141 Å². The summed E-state index contributed by atoms with van der Waals surface area (Å²) in [7, 11) is 1.50. The first kappa shape index (κ1) is 24.1. The van der Waals surface area contributed by atoms with E-state index in [1.54, 1.807) is 50.4 Å². The first-order valence-corrected chi connectivity index (χ1v) is 11.5. The summed E-state index contributed by atoms with van der Waals surface area (Å²) in [6.45, 7) is 2.58. The minimum Gasteiger partial charge on any atom is -0.497 e. The zero-order valence-electron chi connectivity index (χ0n) is 20.3. The molecule has 12 nitrogen and oxygen atoms in total. The third kappa shape index (κ3) is 4.20. The summed E-state index contributed by atoms with van der Waals surface area (Å²) >= 11 is 0.